The van der Waals surface area contributed by atoms with Crippen LogP contribution in [0, 0.1) is 12.3 Å². The van der Waals surface area contributed by atoms with Crippen molar-refractivity contribution >= 4 is 35.3 Å². The Morgan fingerprint density at radius 2 is 2.04 bits per heavy atom. The molecule has 1 aromatic carbocycles. The van der Waals surface area contributed by atoms with Gasteiger partial charge in [-0.15, -0.1) is 5.06 Å². The summed E-state index contributed by atoms with van der Waals surface area (Å²) in [5.41, 5.74) is 1.91. The molecular weight excluding hydrogens is 354 g/mol. The summed E-state index contributed by atoms with van der Waals surface area (Å²) in [5.74, 6) is 1.35. The summed E-state index contributed by atoms with van der Waals surface area (Å²) in [4.78, 5) is 21.6. The van der Waals surface area contributed by atoms with Crippen molar-refractivity contribution in [2.24, 2.45) is 4.99 Å². The minimum absolute atomic E-state index is 0.0792. The number of halogens is 1. The van der Waals surface area contributed by atoms with Crippen molar-refractivity contribution < 1.29 is 14.0 Å². The van der Waals surface area contributed by atoms with Gasteiger partial charge in [0.1, 0.15) is 17.3 Å². The molecule has 0 saturated carbocycles. The number of benzene rings is 1. The predicted octanol–water partition coefficient (Wildman–Crippen LogP) is 4.36. The summed E-state index contributed by atoms with van der Waals surface area (Å²) in [6.45, 7) is 3.66. The van der Waals surface area contributed by atoms with Crippen LogP contribution in [0.4, 0.5) is 0 Å². The van der Waals surface area contributed by atoms with Crippen LogP contribution in [0.3, 0.4) is 0 Å². The summed E-state index contributed by atoms with van der Waals surface area (Å²) in [6.07, 6.45) is 3.09. The van der Waals surface area contributed by atoms with Gasteiger partial charge < -0.3 is 9.25 Å². The molecule has 0 aliphatic carbocycles. The quantitative estimate of drug-likeness (QED) is 0.800. The fourth-order valence-corrected chi connectivity index (χ4v) is 2.85. The Labute approximate surface area is 154 Å². The third kappa shape index (κ3) is 2.74. The van der Waals surface area contributed by atoms with Crippen molar-refractivity contribution in [1.82, 2.24) is 5.06 Å². The molecule has 130 valence electrons. The zero-order valence-corrected chi connectivity index (χ0v) is 14.8. The lowest BCUT2D eigenvalue weighted by Crippen LogP contribution is -2.38. The molecule has 4 rings (SSSR count). The fraction of sp³-hybridized carbons (Fsp3) is 0.105. The fourth-order valence-electron chi connectivity index (χ4n) is 2.67. The van der Waals surface area contributed by atoms with Gasteiger partial charge >= 0.3 is 0 Å². The minimum atomic E-state index is -0.507. The minimum Gasteiger partial charge on any atom is -0.457 e. The highest BCUT2D eigenvalue weighted by atomic mass is 35.5. The highest BCUT2D eigenvalue weighted by Gasteiger charge is 2.34. The van der Waals surface area contributed by atoms with Gasteiger partial charge in [-0.05, 0) is 43.7 Å². The largest absolute Gasteiger partial charge is 0.457 e. The van der Waals surface area contributed by atoms with E-state index in [-0.39, 0.29) is 11.4 Å². The number of furan rings is 1. The molecule has 0 saturated heterocycles. The number of fused-ring (bicyclic) bond motifs is 1. The number of amides is 1. The van der Waals surface area contributed by atoms with E-state index in [1.54, 1.807) is 25.1 Å². The summed E-state index contributed by atoms with van der Waals surface area (Å²) < 4.78 is 5.79. The molecule has 1 amide bonds. The van der Waals surface area contributed by atoms with Crippen LogP contribution >= 0.6 is 11.6 Å². The van der Waals surface area contributed by atoms with Crippen LogP contribution in [-0.4, -0.2) is 22.6 Å². The molecule has 2 aliphatic heterocycles. The number of hydrogen-bond donors (Lipinski definition) is 1. The third-order valence-electron chi connectivity index (χ3n) is 4.05. The first-order valence-electron chi connectivity index (χ1n) is 7.89. The lowest BCUT2D eigenvalue weighted by atomic mass is 10.1. The Bertz CT molecular complexity index is 1050. The SMILES string of the molecule is CC1=CC2=NC(=O)/C(=C/c3ccc(-c4ccc(C)c(Cl)c4)o3)C(=N)N2O1. The number of hydroxylamine groups is 2. The molecule has 0 fully saturated rings. The van der Waals surface area contributed by atoms with Crippen molar-refractivity contribution in [2.75, 3.05) is 0 Å². The number of aryl methyl sites for hydroxylation is 1. The topological polar surface area (TPSA) is 78.9 Å². The van der Waals surface area contributed by atoms with Crippen LogP contribution in [0.5, 0.6) is 0 Å². The molecule has 6 nitrogen and oxygen atoms in total. The average Bonchev–Trinajstić information content (AvgIpc) is 3.20. The number of nitrogens with zero attached hydrogens (tertiary/aromatic N) is 2. The van der Waals surface area contributed by atoms with Crippen LogP contribution in [0.1, 0.15) is 18.2 Å². The number of hydrogen-bond acceptors (Lipinski definition) is 4. The van der Waals surface area contributed by atoms with E-state index in [1.165, 1.54) is 11.1 Å². The van der Waals surface area contributed by atoms with Crippen molar-refractivity contribution in [3.05, 3.63) is 64.1 Å². The van der Waals surface area contributed by atoms with Gasteiger partial charge in [-0.1, -0.05) is 23.7 Å². The highest BCUT2D eigenvalue weighted by Crippen LogP contribution is 2.29. The molecule has 1 N–H and O–H groups in total. The Hall–Kier alpha value is -3.12. The molecular formula is C19H14ClN3O3. The number of allylic oxidation sites excluding steroid dienone is 1. The first-order valence-corrected chi connectivity index (χ1v) is 8.26. The molecule has 1 aromatic heterocycles. The van der Waals surface area contributed by atoms with Crippen LogP contribution in [-0.2, 0) is 9.63 Å². The summed E-state index contributed by atoms with van der Waals surface area (Å²) in [7, 11) is 0. The zero-order valence-electron chi connectivity index (χ0n) is 14.0. The first kappa shape index (κ1) is 16.4. The standard InChI is InChI=1S/C19H14ClN3O3/c1-10-3-4-12(8-15(10)20)16-6-5-13(25-16)9-14-18(21)23-17(22-19(14)24)7-11(2)26-23/h3-9,21H,1-2H3/b14-9+,21-18?. The lowest BCUT2D eigenvalue weighted by molar-refractivity contribution is -0.114. The van der Waals surface area contributed by atoms with E-state index in [0.29, 0.717) is 28.1 Å². The molecule has 0 atom stereocenters. The van der Waals surface area contributed by atoms with Gasteiger partial charge in [0.15, 0.2) is 11.7 Å². The maximum Gasteiger partial charge on any atom is 0.283 e. The van der Waals surface area contributed by atoms with E-state index in [1.807, 2.05) is 25.1 Å². The third-order valence-corrected chi connectivity index (χ3v) is 4.46. The number of nitrogens with one attached hydrogen (secondary N) is 1. The first-order chi connectivity index (χ1) is 12.4. The Kier molecular flexibility index (Phi) is 3.77. The normalized spacial score (nSPS) is 18.0. The second-order valence-corrected chi connectivity index (χ2v) is 6.40. The van der Waals surface area contributed by atoms with Gasteiger partial charge in [-0.3, -0.25) is 10.2 Å². The van der Waals surface area contributed by atoms with Gasteiger partial charge in [0.05, 0.1) is 5.57 Å². The smallest absolute Gasteiger partial charge is 0.283 e. The van der Waals surface area contributed by atoms with E-state index in [4.69, 9.17) is 26.3 Å². The van der Waals surface area contributed by atoms with E-state index < -0.39 is 5.91 Å². The van der Waals surface area contributed by atoms with Gasteiger partial charge in [0, 0.05) is 16.7 Å². The van der Waals surface area contributed by atoms with E-state index in [9.17, 15) is 4.79 Å². The second-order valence-electron chi connectivity index (χ2n) is 5.99. The lowest BCUT2D eigenvalue weighted by Gasteiger charge is -2.22. The van der Waals surface area contributed by atoms with Crippen molar-refractivity contribution in [1.29, 1.82) is 5.41 Å². The monoisotopic (exact) mass is 367 g/mol. The number of rotatable bonds is 2. The molecule has 26 heavy (non-hydrogen) atoms. The van der Waals surface area contributed by atoms with Crippen LogP contribution in [0.2, 0.25) is 5.02 Å². The van der Waals surface area contributed by atoms with Crippen LogP contribution in [0.15, 0.2) is 57.1 Å². The predicted molar refractivity (Wildman–Crippen MR) is 98.7 cm³/mol. The van der Waals surface area contributed by atoms with Crippen LogP contribution in [0.25, 0.3) is 17.4 Å². The van der Waals surface area contributed by atoms with Gasteiger partial charge in [-0.25, -0.2) is 0 Å². The van der Waals surface area contributed by atoms with Crippen molar-refractivity contribution in [2.45, 2.75) is 13.8 Å². The van der Waals surface area contributed by atoms with Crippen LogP contribution < -0.4 is 0 Å². The molecule has 0 spiro atoms. The van der Waals surface area contributed by atoms with E-state index in [0.717, 1.165) is 11.1 Å². The summed E-state index contributed by atoms with van der Waals surface area (Å²) >= 11 is 6.16. The molecule has 2 aliphatic rings. The number of carbonyl (C=O) groups is 1. The summed E-state index contributed by atoms with van der Waals surface area (Å²) in [6, 6.07) is 9.16. The number of aliphatic imine (C=N–C) groups is 1. The average molecular weight is 368 g/mol. The molecule has 0 radical (unpaired) electrons. The second kappa shape index (κ2) is 6.00. The Morgan fingerprint density at radius 3 is 2.81 bits per heavy atom. The molecule has 0 bridgehead atoms. The van der Waals surface area contributed by atoms with E-state index in [2.05, 4.69) is 4.99 Å². The van der Waals surface area contributed by atoms with Gasteiger partial charge in [0.2, 0.25) is 0 Å². The molecule has 0 unspecified atom stereocenters. The van der Waals surface area contributed by atoms with Crippen molar-refractivity contribution in [3.63, 3.8) is 0 Å². The van der Waals surface area contributed by atoms with Gasteiger partial charge in [0.25, 0.3) is 5.91 Å². The maximum absolute atomic E-state index is 12.3. The van der Waals surface area contributed by atoms with Crippen molar-refractivity contribution in [3.8, 4) is 11.3 Å². The Balaban J connectivity index is 1.65. The number of amidine groups is 2. The molecule has 3 heterocycles. The van der Waals surface area contributed by atoms with Gasteiger partial charge in [-0.2, -0.15) is 4.99 Å². The van der Waals surface area contributed by atoms with E-state index >= 15 is 0 Å². The number of carbonyl (C=O) groups excluding carboxylic acids is 1. The zero-order chi connectivity index (χ0) is 18.4. The summed E-state index contributed by atoms with van der Waals surface area (Å²) in [5, 5.41) is 10.1. The molecule has 7 heteroatoms. The highest BCUT2D eigenvalue weighted by molar-refractivity contribution is 6.32. The molecule has 2 aromatic rings. The Morgan fingerprint density at radius 1 is 1.23 bits per heavy atom. The maximum atomic E-state index is 12.3.